The Kier molecular flexibility index (Phi) is 39.7. The van der Waals surface area contributed by atoms with Crippen LogP contribution in [0.25, 0.3) is 0 Å². The lowest BCUT2D eigenvalue weighted by molar-refractivity contribution is -0.870. The summed E-state index contributed by atoms with van der Waals surface area (Å²) in [6.07, 6.45) is 51.1. The van der Waals surface area contributed by atoms with Gasteiger partial charge in [0.2, 0.25) is 0 Å². The Hall–Kier alpha value is -1.80. The third kappa shape index (κ3) is 45.1. The molecular weight excluding hydrogens is 734 g/mol. The lowest BCUT2D eigenvalue weighted by Gasteiger charge is -2.24. The number of nitrogens with zero attached hydrogens (tertiary/aromatic N) is 1. The van der Waals surface area contributed by atoms with E-state index in [1.165, 1.54) is 83.5 Å². The Labute approximate surface area is 351 Å². The van der Waals surface area contributed by atoms with Crippen molar-refractivity contribution in [2.75, 3.05) is 54.1 Å². The van der Waals surface area contributed by atoms with Gasteiger partial charge in [0.25, 0.3) is 0 Å². The summed E-state index contributed by atoms with van der Waals surface area (Å²) >= 11 is 0. The van der Waals surface area contributed by atoms with Crippen LogP contribution in [0.3, 0.4) is 0 Å². The van der Waals surface area contributed by atoms with Crippen LogP contribution in [-0.2, 0) is 27.9 Å². The lowest BCUT2D eigenvalue weighted by atomic mass is 10.1. The first kappa shape index (κ1) is 55.2. The summed E-state index contributed by atoms with van der Waals surface area (Å²) in [6.45, 7) is 5.45. The normalized spacial score (nSPS) is 14.3. The molecule has 0 aromatic carbocycles. The van der Waals surface area contributed by atoms with Gasteiger partial charge in [0, 0.05) is 13.0 Å². The number of hydrogen-bond acceptors (Lipinski definition) is 6. The topological polar surface area (TPSA) is 91.3 Å². The molecule has 0 rings (SSSR count). The van der Waals surface area contributed by atoms with E-state index in [1.807, 2.05) is 21.1 Å². The van der Waals surface area contributed by atoms with Gasteiger partial charge in [-0.05, 0) is 77.0 Å². The van der Waals surface area contributed by atoms with E-state index >= 15 is 0 Å². The highest BCUT2D eigenvalue weighted by Gasteiger charge is 2.26. The molecule has 0 saturated carbocycles. The fourth-order valence-electron chi connectivity index (χ4n) is 6.01. The molecule has 57 heavy (non-hydrogen) atoms. The van der Waals surface area contributed by atoms with Crippen molar-refractivity contribution in [2.45, 2.75) is 187 Å². The van der Waals surface area contributed by atoms with Crippen LogP contribution in [0.4, 0.5) is 0 Å². The molecule has 0 fully saturated rings. The maximum Gasteiger partial charge on any atom is 0.472 e. The van der Waals surface area contributed by atoms with E-state index in [0.29, 0.717) is 24.1 Å². The molecule has 0 aliphatic rings. The molecule has 0 spiro atoms. The second-order valence-corrected chi connectivity index (χ2v) is 17.9. The predicted molar refractivity (Wildman–Crippen MR) is 242 cm³/mol. The van der Waals surface area contributed by atoms with Crippen LogP contribution >= 0.6 is 7.82 Å². The number of ether oxygens (including phenoxy) is 2. The van der Waals surface area contributed by atoms with E-state index in [9.17, 15) is 14.3 Å². The fraction of sp³-hybridized carbons (Fsp3) is 0.771. The van der Waals surface area contributed by atoms with Crippen LogP contribution in [0.2, 0.25) is 0 Å². The molecule has 332 valence electrons. The first-order chi connectivity index (χ1) is 27.6. The average molecular weight is 823 g/mol. The summed E-state index contributed by atoms with van der Waals surface area (Å²) in [5, 5.41) is 0. The number of carbonyl (C=O) groups is 1. The molecule has 0 amide bonds. The molecule has 2 unspecified atom stereocenters. The van der Waals surface area contributed by atoms with Crippen LogP contribution < -0.4 is 0 Å². The first-order valence-corrected chi connectivity index (χ1v) is 24.5. The van der Waals surface area contributed by atoms with Crippen LogP contribution in [-0.4, -0.2) is 75.6 Å². The van der Waals surface area contributed by atoms with Crippen LogP contribution in [0.5, 0.6) is 0 Å². The molecule has 0 aromatic heterocycles. The average Bonchev–Trinajstić information content (AvgIpc) is 3.16. The van der Waals surface area contributed by atoms with Crippen molar-refractivity contribution < 1.29 is 37.3 Å². The van der Waals surface area contributed by atoms with Crippen molar-refractivity contribution in [3.8, 4) is 0 Å². The van der Waals surface area contributed by atoms with Crippen molar-refractivity contribution in [2.24, 2.45) is 0 Å². The Morgan fingerprint density at radius 2 is 1.02 bits per heavy atom. The summed E-state index contributed by atoms with van der Waals surface area (Å²) in [5.74, 6) is -0.333. The highest BCUT2D eigenvalue weighted by Crippen LogP contribution is 2.43. The van der Waals surface area contributed by atoms with Gasteiger partial charge >= 0.3 is 13.8 Å². The standard InChI is InChI=1S/C48H88NO7P/c1-6-8-10-12-14-16-18-20-22-23-24-25-26-28-30-32-34-36-38-40-43-53-45-47(46-55-57(51,52)54-44-42-49(3,4)5)56-48(50)41-39-37-35-33-31-29-27-21-19-17-15-13-11-9-7-2/h9,11,14-17,20-22,27,47H,6-8,10,12-13,18-19,23-26,28-46H2,1-5H3/p+1/b11-9-,16-14-,17-15-,22-20-,27-21-. The van der Waals surface area contributed by atoms with Crippen LogP contribution in [0.1, 0.15) is 181 Å². The highest BCUT2D eigenvalue weighted by molar-refractivity contribution is 7.47. The second-order valence-electron chi connectivity index (χ2n) is 16.4. The number of esters is 1. The number of rotatable bonds is 42. The van der Waals surface area contributed by atoms with Gasteiger partial charge in [0.15, 0.2) is 0 Å². The first-order valence-electron chi connectivity index (χ1n) is 23.0. The summed E-state index contributed by atoms with van der Waals surface area (Å²) < 4.78 is 35.0. The van der Waals surface area contributed by atoms with Crippen molar-refractivity contribution >= 4 is 13.8 Å². The smallest absolute Gasteiger partial charge is 0.457 e. The van der Waals surface area contributed by atoms with Crippen molar-refractivity contribution in [3.63, 3.8) is 0 Å². The number of carbonyl (C=O) groups excluding carboxylic acids is 1. The summed E-state index contributed by atoms with van der Waals surface area (Å²) in [7, 11) is 1.65. The Morgan fingerprint density at radius 1 is 0.561 bits per heavy atom. The van der Waals surface area contributed by atoms with Crippen LogP contribution in [0.15, 0.2) is 60.8 Å². The largest absolute Gasteiger partial charge is 0.472 e. The van der Waals surface area contributed by atoms with E-state index < -0.39 is 13.9 Å². The zero-order valence-corrected chi connectivity index (χ0v) is 38.5. The van der Waals surface area contributed by atoms with E-state index in [1.54, 1.807) is 0 Å². The zero-order valence-electron chi connectivity index (χ0n) is 37.6. The van der Waals surface area contributed by atoms with Gasteiger partial charge in [-0.2, -0.15) is 0 Å². The maximum absolute atomic E-state index is 12.7. The quantitative estimate of drug-likeness (QED) is 0.0215. The molecule has 0 bridgehead atoms. The van der Waals surface area contributed by atoms with Crippen LogP contribution in [0, 0.1) is 0 Å². The minimum atomic E-state index is -4.28. The van der Waals surface area contributed by atoms with Gasteiger partial charge in [0.1, 0.15) is 19.3 Å². The molecule has 9 heteroatoms. The predicted octanol–water partition coefficient (Wildman–Crippen LogP) is 13.7. The monoisotopic (exact) mass is 823 g/mol. The third-order valence-corrected chi connectivity index (χ3v) is 10.5. The number of allylic oxidation sites excluding steroid dienone is 10. The van der Waals surface area contributed by atoms with Gasteiger partial charge in [-0.25, -0.2) is 4.57 Å². The lowest BCUT2D eigenvalue weighted by Crippen LogP contribution is -2.37. The van der Waals surface area contributed by atoms with Gasteiger partial charge in [-0.15, -0.1) is 0 Å². The molecule has 0 saturated heterocycles. The molecule has 8 nitrogen and oxygen atoms in total. The Bertz CT molecular complexity index is 1090. The molecule has 0 aliphatic heterocycles. The maximum atomic E-state index is 12.7. The second kappa shape index (κ2) is 41.0. The number of quaternary nitrogens is 1. The molecule has 2 atom stereocenters. The SMILES string of the molecule is CC/C=C\C/C=C\C/C=C\CCCCCCCC(=O)OC(COCCCCCCCCCCCC/C=C\C/C=C\CCCCC)COP(=O)(O)OCC[N+](C)(C)C. The van der Waals surface area contributed by atoms with Crippen molar-refractivity contribution in [1.82, 2.24) is 0 Å². The summed E-state index contributed by atoms with van der Waals surface area (Å²) in [6, 6.07) is 0. The number of hydrogen-bond donors (Lipinski definition) is 1. The number of likely N-dealkylation sites (N-methyl/N-ethyl adjacent to an activating group) is 1. The fourth-order valence-corrected chi connectivity index (χ4v) is 6.75. The number of phosphoric acid groups is 1. The highest BCUT2D eigenvalue weighted by atomic mass is 31.2. The minimum Gasteiger partial charge on any atom is -0.457 e. The molecule has 0 heterocycles. The van der Waals surface area contributed by atoms with Gasteiger partial charge < -0.3 is 18.9 Å². The molecule has 1 N–H and O–H groups in total. The molecule has 0 aromatic rings. The third-order valence-electron chi connectivity index (χ3n) is 9.56. The van der Waals surface area contributed by atoms with Crippen molar-refractivity contribution in [1.29, 1.82) is 0 Å². The Morgan fingerprint density at radius 3 is 1.53 bits per heavy atom. The van der Waals surface area contributed by atoms with E-state index in [0.717, 1.165) is 77.0 Å². The van der Waals surface area contributed by atoms with Gasteiger partial charge in [0.05, 0.1) is 34.4 Å². The molecule has 0 radical (unpaired) electrons. The van der Waals surface area contributed by atoms with Gasteiger partial charge in [-0.3, -0.25) is 13.8 Å². The zero-order chi connectivity index (χ0) is 42.0. The van der Waals surface area contributed by atoms with Crippen molar-refractivity contribution in [3.05, 3.63) is 60.8 Å². The number of unbranched alkanes of at least 4 members (excludes halogenated alkanes) is 18. The Balaban J connectivity index is 4.22. The summed E-state index contributed by atoms with van der Waals surface area (Å²) in [4.78, 5) is 22.9. The number of phosphoric ester groups is 1. The van der Waals surface area contributed by atoms with Gasteiger partial charge in [-0.1, -0.05) is 158 Å². The minimum absolute atomic E-state index is 0.0820. The molecule has 0 aliphatic carbocycles. The van der Waals surface area contributed by atoms with E-state index in [-0.39, 0.29) is 25.8 Å². The van der Waals surface area contributed by atoms with E-state index in [2.05, 4.69) is 74.6 Å². The van der Waals surface area contributed by atoms with E-state index in [4.69, 9.17) is 18.5 Å². The summed E-state index contributed by atoms with van der Waals surface area (Å²) in [5.41, 5.74) is 0. The molecular formula is C48H89NO7P+.